The Kier molecular flexibility index (Phi) is 5.00. The topological polar surface area (TPSA) is 128 Å². The van der Waals surface area contributed by atoms with E-state index in [2.05, 4.69) is 38.0 Å². The second-order valence-electron chi connectivity index (χ2n) is 9.19. The maximum absolute atomic E-state index is 13.3. The molecule has 1 spiro atoms. The molecule has 5 rings (SSSR count). The van der Waals surface area contributed by atoms with E-state index in [9.17, 15) is 9.59 Å². The molecular formula is C21H26N8O3. The summed E-state index contributed by atoms with van der Waals surface area (Å²) in [7, 11) is 0. The average Bonchev–Trinajstić information content (AvgIpc) is 3.52. The van der Waals surface area contributed by atoms with Crippen molar-refractivity contribution in [3.8, 4) is 5.82 Å². The smallest absolute Gasteiger partial charge is 0.336 e. The van der Waals surface area contributed by atoms with Gasteiger partial charge in [0, 0.05) is 18.6 Å². The van der Waals surface area contributed by atoms with Gasteiger partial charge >= 0.3 is 5.97 Å². The minimum Gasteiger partial charge on any atom is -0.456 e. The molecule has 0 aromatic carbocycles. The number of ether oxygens (including phenoxy) is 1. The van der Waals surface area contributed by atoms with E-state index < -0.39 is 0 Å². The summed E-state index contributed by atoms with van der Waals surface area (Å²) in [6.07, 6.45) is 5.76. The number of aromatic nitrogens is 6. The Hall–Kier alpha value is -3.21. The van der Waals surface area contributed by atoms with Gasteiger partial charge in [0.05, 0.1) is 22.4 Å². The molecule has 1 aliphatic carbocycles. The summed E-state index contributed by atoms with van der Waals surface area (Å²) >= 11 is 0. The zero-order chi connectivity index (χ0) is 22.3. The van der Waals surface area contributed by atoms with Gasteiger partial charge in [0.25, 0.3) is 0 Å². The van der Waals surface area contributed by atoms with Crippen molar-refractivity contribution in [2.45, 2.75) is 58.0 Å². The van der Waals surface area contributed by atoms with E-state index in [1.165, 1.54) is 11.0 Å². The maximum atomic E-state index is 13.3. The largest absolute Gasteiger partial charge is 0.456 e. The van der Waals surface area contributed by atoms with Gasteiger partial charge in [0.2, 0.25) is 5.91 Å². The third-order valence-electron chi connectivity index (χ3n) is 7.21. The van der Waals surface area contributed by atoms with Crippen LogP contribution in [0.2, 0.25) is 0 Å². The van der Waals surface area contributed by atoms with Gasteiger partial charge in [0.1, 0.15) is 12.9 Å². The molecule has 1 amide bonds. The lowest BCUT2D eigenvalue weighted by atomic mass is 9.67. The van der Waals surface area contributed by atoms with Crippen LogP contribution in [0.5, 0.6) is 0 Å². The highest BCUT2D eigenvalue weighted by Crippen LogP contribution is 2.48. The van der Waals surface area contributed by atoms with Crippen LogP contribution in [0.1, 0.15) is 51.6 Å². The minimum absolute atomic E-state index is 0.0727. The zero-order valence-electron chi connectivity index (χ0n) is 18.2. The number of rotatable bonds is 5. The summed E-state index contributed by atoms with van der Waals surface area (Å²) in [5.74, 6) is 0.396. The second kappa shape index (κ2) is 7.73. The number of cyclic esters (lactones) is 1. The van der Waals surface area contributed by atoms with Crippen LogP contribution in [0.3, 0.4) is 0 Å². The zero-order valence-corrected chi connectivity index (χ0v) is 18.2. The molecule has 0 bridgehead atoms. The number of likely N-dealkylation sites (tertiary alicyclic amines) is 1. The standard InChI is InChI=1S/C21H26N8O3/c1-14-16(12-32-18(14)30)28-10-9-21(19(28)31)7-5-20(2,6-8-21)22-11-15-3-4-17(25-24-15)29-13-23-26-27-29/h3-4,13,22H,5-12H2,1-2H3/t20-,21+. The Bertz CT molecular complexity index is 1060. The minimum atomic E-state index is -0.326. The van der Waals surface area contributed by atoms with Gasteiger partial charge in [-0.3, -0.25) is 4.79 Å². The molecule has 2 fully saturated rings. The van der Waals surface area contributed by atoms with E-state index in [-0.39, 0.29) is 29.4 Å². The molecule has 3 aliphatic rings. The number of amides is 1. The van der Waals surface area contributed by atoms with Crippen LogP contribution in [-0.2, 0) is 20.9 Å². The first-order valence-electron chi connectivity index (χ1n) is 10.9. The van der Waals surface area contributed by atoms with Crippen molar-refractivity contribution in [1.29, 1.82) is 0 Å². The summed E-state index contributed by atoms with van der Waals surface area (Å²) in [6.45, 7) is 5.41. The molecule has 0 unspecified atom stereocenters. The summed E-state index contributed by atoms with van der Waals surface area (Å²) in [5, 5.41) is 23.1. The Morgan fingerprint density at radius 1 is 1.12 bits per heavy atom. The first kappa shape index (κ1) is 20.7. The third kappa shape index (κ3) is 3.56. The van der Waals surface area contributed by atoms with Crippen molar-refractivity contribution < 1.29 is 14.3 Å². The lowest BCUT2D eigenvalue weighted by Gasteiger charge is -2.42. The quantitative estimate of drug-likeness (QED) is 0.678. The molecule has 0 radical (unpaired) electrons. The molecule has 0 atom stereocenters. The van der Waals surface area contributed by atoms with E-state index >= 15 is 0 Å². The SMILES string of the molecule is CC1=C(N2CC[C@]3(CC[C@](C)(NCc4ccc(-n5cnnn5)nn4)CC3)C2=O)COC1=O. The second-order valence-corrected chi connectivity index (χ2v) is 9.19. The fourth-order valence-corrected chi connectivity index (χ4v) is 4.89. The Balaban J connectivity index is 1.19. The number of tetrazole rings is 1. The molecule has 32 heavy (non-hydrogen) atoms. The van der Waals surface area contributed by atoms with Crippen LogP contribution >= 0.6 is 0 Å². The van der Waals surface area contributed by atoms with E-state index in [4.69, 9.17) is 4.74 Å². The van der Waals surface area contributed by atoms with Gasteiger partial charge in [-0.2, -0.15) is 9.78 Å². The molecule has 1 N–H and O–H groups in total. The average molecular weight is 438 g/mol. The number of hydrogen-bond acceptors (Lipinski definition) is 9. The molecule has 4 heterocycles. The molecule has 2 aliphatic heterocycles. The number of esters is 1. The molecule has 11 heteroatoms. The predicted octanol–water partition coefficient (Wildman–Crippen LogP) is 0.924. The molecule has 1 saturated carbocycles. The molecule has 2 aromatic heterocycles. The fourth-order valence-electron chi connectivity index (χ4n) is 4.89. The van der Waals surface area contributed by atoms with Gasteiger partial charge in [-0.25, -0.2) is 4.79 Å². The Morgan fingerprint density at radius 2 is 1.94 bits per heavy atom. The van der Waals surface area contributed by atoms with Crippen LogP contribution < -0.4 is 5.32 Å². The number of nitrogens with zero attached hydrogens (tertiary/aromatic N) is 7. The normalized spacial score (nSPS) is 28.1. The Labute approximate surface area is 185 Å². The molecule has 11 nitrogen and oxygen atoms in total. The lowest BCUT2D eigenvalue weighted by Crippen LogP contribution is -2.49. The van der Waals surface area contributed by atoms with Crippen LogP contribution in [0, 0.1) is 5.41 Å². The monoisotopic (exact) mass is 438 g/mol. The predicted molar refractivity (Wildman–Crippen MR) is 111 cm³/mol. The number of carbonyl (C=O) groups excluding carboxylic acids is 2. The Morgan fingerprint density at radius 3 is 2.56 bits per heavy atom. The summed E-state index contributed by atoms with van der Waals surface area (Å²) in [6, 6.07) is 3.74. The van der Waals surface area contributed by atoms with Gasteiger partial charge in [-0.1, -0.05) is 0 Å². The first-order valence-corrected chi connectivity index (χ1v) is 10.9. The molecular weight excluding hydrogens is 412 g/mol. The third-order valence-corrected chi connectivity index (χ3v) is 7.21. The highest BCUT2D eigenvalue weighted by molar-refractivity contribution is 5.94. The van der Waals surface area contributed by atoms with Crippen molar-refractivity contribution >= 4 is 11.9 Å². The van der Waals surface area contributed by atoms with Crippen LogP contribution in [0.25, 0.3) is 5.82 Å². The summed E-state index contributed by atoms with van der Waals surface area (Å²) in [4.78, 5) is 26.8. The van der Waals surface area contributed by atoms with Crippen molar-refractivity contribution in [3.63, 3.8) is 0 Å². The van der Waals surface area contributed by atoms with Crippen molar-refractivity contribution in [3.05, 3.63) is 35.4 Å². The van der Waals surface area contributed by atoms with Gasteiger partial charge < -0.3 is 15.0 Å². The summed E-state index contributed by atoms with van der Waals surface area (Å²) < 4.78 is 6.57. The van der Waals surface area contributed by atoms with Crippen molar-refractivity contribution in [2.24, 2.45) is 5.41 Å². The van der Waals surface area contributed by atoms with Gasteiger partial charge in [-0.15, -0.1) is 10.2 Å². The number of carbonyl (C=O) groups is 2. The van der Waals surface area contributed by atoms with E-state index in [1.807, 2.05) is 12.1 Å². The molecule has 168 valence electrons. The molecule has 1 saturated heterocycles. The van der Waals surface area contributed by atoms with Crippen molar-refractivity contribution in [2.75, 3.05) is 13.2 Å². The fraction of sp³-hybridized carbons (Fsp3) is 0.571. The van der Waals surface area contributed by atoms with Crippen molar-refractivity contribution in [1.82, 2.24) is 40.6 Å². The molecule has 2 aromatic rings. The number of nitrogens with one attached hydrogen (secondary N) is 1. The van der Waals surface area contributed by atoms with E-state index in [1.54, 1.807) is 11.8 Å². The first-order chi connectivity index (χ1) is 15.4. The highest BCUT2D eigenvalue weighted by atomic mass is 16.5. The van der Waals surface area contributed by atoms with E-state index in [0.29, 0.717) is 24.5 Å². The van der Waals surface area contributed by atoms with Gasteiger partial charge in [0.15, 0.2) is 5.82 Å². The van der Waals surface area contributed by atoms with Gasteiger partial charge in [-0.05, 0) is 68.5 Å². The van der Waals surface area contributed by atoms with E-state index in [0.717, 1.165) is 43.5 Å². The van der Waals surface area contributed by atoms with Crippen LogP contribution in [-0.4, -0.2) is 65.9 Å². The summed E-state index contributed by atoms with van der Waals surface area (Å²) in [5.41, 5.74) is 1.74. The maximum Gasteiger partial charge on any atom is 0.336 e. The lowest BCUT2D eigenvalue weighted by molar-refractivity contribution is -0.138. The number of hydrogen-bond donors (Lipinski definition) is 1. The van der Waals surface area contributed by atoms with Crippen LogP contribution in [0.15, 0.2) is 29.7 Å². The highest BCUT2D eigenvalue weighted by Gasteiger charge is 2.52. The van der Waals surface area contributed by atoms with Crippen LogP contribution in [0.4, 0.5) is 0 Å².